The van der Waals surface area contributed by atoms with E-state index in [1.54, 1.807) is 13.8 Å². The summed E-state index contributed by atoms with van der Waals surface area (Å²) < 4.78 is 0. The summed E-state index contributed by atoms with van der Waals surface area (Å²) in [5.41, 5.74) is 0. The zero-order valence-electron chi connectivity index (χ0n) is 11.4. The largest absolute Gasteiger partial charge is 0.344 e. The lowest BCUT2D eigenvalue weighted by Gasteiger charge is -2.19. The molecule has 2 aliphatic heterocycles. The van der Waals surface area contributed by atoms with Gasteiger partial charge in [-0.3, -0.25) is 19.3 Å². The molecule has 6 nitrogen and oxygen atoms in total. The van der Waals surface area contributed by atoms with Gasteiger partial charge in [-0.15, -0.1) is 0 Å². The summed E-state index contributed by atoms with van der Waals surface area (Å²) in [6, 6.07) is -0.629. The van der Waals surface area contributed by atoms with Crippen LogP contribution < -0.4 is 10.6 Å². The Bertz CT molecular complexity index is 389. The van der Waals surface area contributed by atoms with E-state index in [4.69, 9.17) is 0 Å². The molecule has 0 aromatic rings. The van der Waals surface area contributed by atoms with Crippen molar-refractivity contribution in [2.45, 2.75) is 57.7 Å². The van der Waals surface area contributed by atoms with Crippen molar-refractivity contribution in [3.63, 3.8) is 0 Å². The molecule has 3 amide bonds. The van der Waals surface area contributed by atoms with E-state index in [0.29, 0.717) is 6.42 Å². The predicted octanol–water partition coefficient (Wildman–Crippen LogP) is -0.219. The first-order chi connectivity index (χ1) is 8.99. The van der Waals surface area contributed by atoms with Crippen LogP contribution in [0.1, 0.15) is 39.5 Å². The van der Waals surface area contributed by atoms with Crippen molar-refractivity contribution < 1.29 is 14.4 Å². The molecule has 106 valence electrons. The van der Waals surface area contributed by atoms with E-state index >= 15 is 0 Å². The topological polar surface area (TPSA) is 78.5 Å². The van der Waals surface area contributed by atoms with Crippen molar-refractivity contribution in [1.29, 1.82) is 0 Å². The summed E-state index contributed by atoms with van der Waals surface area (Å²) in [6.45, 7) is 4.53. The van der Waals surface area contributed by atoms with Gasteiger partial charge in [0, 0.05) is 18.5 Å². The molecule has 2 aliphatic rings. The maximum atomic E-state index is 12.0. The van der Waals surface area contributed by atoms with E-state index in [1.165, 1.54) is 4.90 Å². The van der Waals surface area contributed by atoms with Crippen LogP contribution in [0.15, 0.2) is 0 Å². The van der Waals surface area contributed by atoms with Crippen LogP contribution in [0.4, 0.5) is 0 Å². The molecule has 0 aromatic heterocycles. The van der Waals surface area contributed by atoms with Crippen molar-refractivity contribution in [1.82, 2.24) is 15.5 Å². The molecule has 0 spiro atoms. The summed E-state index contributed by atoms with van der Waals surface area (Å²) in [5.74, 6) is -0.645. The average molecular weight is 267 g/mol. The van der Waals surface area contributed by atoms with Gasteiger partial charge in [0.15, 0.2) is 0 Å². The number of hydrogen-bond donors (Lipinski definition) is 2. The van der Waals surface area contributed by atoms with Crippen molar-refractivity contribution in [3.8, 4) is 0 Å². The highest BCUT2D eigenvalue weighted by atomic mass is 16.2. The third-order valence-electron chi connectivity index (χ3n) is 3.63. The van der Waals surface area contributed by atoms with E-state index in [0.717, 1.165) is 19.4 Å². The minimum atomic E-state index is -0.677. The lowest BCUT2D eigenvalue weighted by molar-refractivity contribution is -0.141. The van der Waals surface area contributed by atoms with Crippen LogP contribution >= 0.6 is 0 Å². The lowest BCUT2D eigenvalue weighted by Crippen LogP contribution is -2.44. The van der Waals surface area contributed by atoms with E-state index in [2.05, 4.69) is 10.6 Å². The number of amides is 3. The van der Waals surface area contributed by atoms with Crippen LogP contribution in [0.25, 0.3) is 0 Å². The molecule has 2 rings (SSSR count). The second-order valence-corrected chi connectivity index (χ2v) is 5.52. The van der Waals surface area contributed by atoms with Crippen molar-refractivity contribution in [2.75, 3.05) is 6.54 Å². The Morgan fingerprint density at radius 1 is 1.47 bits per heavy atom. The molecule has 0 aromatic carbocycles. The number of hydrogen-bond acceptors (Lipinski definition) is 4. The molecular weight excluding hydrogens is 246 g/mol. The Balaban J connectivity index is 1.87. The number of imide groups is 1. The normalized spacial score (nSPS) is 27.4. The Labute approximate surface area is 112 Å². The molecule has 2 fully saturated rings. The third-order valence-corrected chi connectivity index (χ3v) is 3.63. The first kappa shape index (κ1) is 14.0. The number of nitrogens with one attached hydrogen (secondary N) is 2. The summed E-state index contributed by atoms with van der Waals surface area (Å²) in [7, 11) is 0. The molecule has 2 atom stereocenters. The SMILES string of the molecule is CC(C)N1C(=O)CC(NC(=O)CC2CCCN2)C1=O. The van der Waals surface area contributed by atoms with Crippen molar-refractivity contribution >= 4 is 17.7 Å². The van der Waals surface area contributed by atoms with Gasteiger partial charge in [0.1, 0.15) is 6.04 Å². The number of carbonyl (C=O) groups excluding carboxylic acids is 3. The van der Waals surface area contributed by atoms with Crippen LogP contribution in [0, 0.1) is 0 Å². The summed E-state index contributed by atoms with van der Waals surface area (Å²) >= 11 is 0. The second kappa shape index (κ2) is 5.69. The van der Waals surface area contributed by atoms with Crippen LogP contribution in [0.3, 0.4) is 0 Å². The molecule has 0 aliphatic carbocycles. The summed E-state index contributed by atoms with van der Waals surface area (Å²) in [5, 5.41) is 5.92. The lowest BCUT2D eigenvalue weighted by atomic mass is 10.1. The van der Waals surface area contributed by atoms with Crippen molar-refractivity contribution in [3.05, 3.63) is 0 Å². The molecule has 2 heterocycles. The number of likely N-dealkylation sites (tertiary alicyclic amines) is 1. The van der Waals surface area contributed by atoms with E-state index in [-0.39, 0.29) is 36.2 Å². The zero-order valence-corrected chi connectivity index (χ0v) is 11.4. The highest BCUT2D eigenvalue weighted by Crippen LogP contribution is 2.16. The summed E-state index contributed by atoms with van der Waals surface area (Å²) in [4.78, 5) is 36.8. The average Bonchev–Trinajstić information content (AvgIpc) is 2.88. The molecule has 2 unspecified atom stereocenters. The molecule has 2 saturated heterocycles. The highest BCUT2D eigenvalue weighted by Gasteiger charge is 2.40. The standard InChI is InChI=1S/C13H21N3O3/c1-8(2)16-12(18)7-10(13(16)19)15-11(17)6-9-4-3-5-14-9/h8-10,14H,3-7H2,1-2H3,(H,15,17). The monoisotopic (exact) mass is 267 g/mol. The molecular formula is C13H21N3O3. The second-order valence-electron chi connectivity index (χ2n) is 5.52. The Kier molecular flexibility index (Phi) is 4.19. The number of rotatable bonds is 4. The van der Waals surface area contributed by atoms with Crippen LogP contribution in [0.2, 0.25) is 0 Å². The van der Waals surface area contributed by atoms with Crippen molar-refractivity contribution in [2.24, 2.45) is 0 Å². The number of carbonyl (C=O) groups is 3. The van der Waals surface area contributed by atoms with Gasteiger partial charge in [0.05, 0.1) is 6.42 Å². The third kappa shape index (κ3) is 3.12. The molecule has 19 heavy (non-hydrogen) atoms. The van der Waals surface area contributed by atoms with Gasteiger partial charge < -0.3 is 10.6 Å². The van der Waals surface area contributed by atoms with E-state index < -0.39 is 6.04 Å². The van der Waals surface area contributed by atoms with Gasteiger partial charge >= 0.3 is 0 Å². The predicted molar refractivity (Wildman–Crippen MR) is 69.2 cm³/mol. The van der Waals surface area contributed by atoms with Gasteiger partial charge in [-0.05, 0) is 33.2 Å². The molecule has 0 bridgehead atoms. The molecule has 0 saturated carbocycles. The van der Waals surface area contributed by atoms with Gasteiger partial charge in [-0.25, -0.2) is 0 Å². The Morgan fingerprint density at radius 3 is 2.74 bits per heavy atom. The minimum absolute atomic E-state index is 0.0842. The number of nitrogens with zero attached hydrogens (tertiary/aromatic N) is 1. The fourth-order valence-corrected chi connectivity index (χ4v) is 2.71. The van der Waals surface area contributed by atoms with Gasteiger partial charge in [-0.2, -0.15) is 0 Å². The minimum Gasteiger partial charge on any atom is -0.344 e. The van der Waals surface area contributed by atoms with Crippen LogP contribution in [0.5, 0.6) is 0 Å². The van der Waals surface area contributed by atoms with Gasteiger partial charge in [0.2, 0.25) is 11.8 Å². The fourth-order valence-electron chi connectivity index (χ4n) is 2.71. The fraction of sp³-hybridized carbons (Fsp3) is 0.769. The van der Waals surface area contributed by atoms with Gasteiger partial charge in [0.25, 0.3) is 5.91 Å². The zero-order chi connectivity index (χ0) is 14.0. The highest BCUT2D eigenvalue weighted by molar-refractivity contribution is 6.07. The molecule has 6 heteroatoms. The molecule has 2 N–H and O–H groups in total. The first-order valence-electron chi connectivity index (χ1n) is 6.87. The quantitative estimate of drug-likeness (QED) is 0.690. The molecule has 0 radical (unpaired) electrons. The Morgan fingerprint density at radius 2 is 2.21 bits per heavy atom. The van der Waals surface area contributed by atoms with E-state index in [9.17, 15) is 14.4 Å². The van der Waals surface area contributed by atoms with Crippen LogP contribution in [-0.4, -0.2) is 47.3 Å². The Hall–Kier alpha value is -1.43. The maximum Gasteiger partial charge on any atom is 0.252 e. The van der Waals surface area contributed by atoms with E-state index in [1.807, 2.05) is 0 Å². The summed E-state index contributed by atoms with van der Waals surface area (Å²) in [6.07, 6.45) is 2.53. The van der Waals surface area contributed by atoms with Crippen LogP contribution in [-0.2, 0) is 14.4 Å². The van der Waals surface area contributed by atoms with Gasteiger partial charge in [-0.1, -0.05) is 0 Å². The maximum absolute atomic E-state index is 12.0. The first-order valence-corrected chi connectivity index (χ1v) is 6.87. The smallest absolute Gasteiger partial charge is 0.252 e.